The molecule has 0 radical (unpaired) electrons. The molecule has 0 fully saturated rings. The van der Waals surface area contributed by atoms with Gasteiger partial charge in [-0.3, -0.25) is 0 Å². The predicted molar refractivity (Wildman–Crippen MR) is 87.3 cm³/mol. The molecule has 0 spiro atoms. The Morgan fingerprint density at radius 1 is 1.10 bits per heavy atom. The Morgan fingerprint density at radius 2 is 1.81 bits per heavy atom. The first-order chi connectivity index (χ1) is 10.1. The van der Waals surface area contributed by atoms with Crippen molar-refractivity contribution >= 4 is 38.6 Å². The monoisotopic (exact) mass is 366 g/mol. The number of aromatic amines is 1. The SMILES string of the molecule is COc1cc(Br)c(-c2nc3ccc(Cl)cc3[nH]2)cc1OC. The average Bonchev–Trinajstić information content (AvgIpc) is 2.89. The van der Waals surface area contributed by atoms with Crippen LogP contribution in [0.3, 0.4) is 0 Å². The van der Waals surface area contributed by atoms with Crippen molar-refractivity contribution in [3.63, 3.8) is 0 Å². The Balaban J connectivity index is 2.17. The van der Waals surface area contributed by atoms with E-state index in [9.17, 15) is 0 Å². The van der Waals surface area contributed by atoms with E-state index >= 15 is 0 Å². The number of aromatic nitrogens is 2. The number of H-pyrrole nitrogens is 1. The van der Waals surface area contributed by atoms with Crippen LogP contribution in [0.5, 0.6) is 11.5 Å². The lowest BCUT2D eigenvalue weighted by Crippen LogP contribution is -1.92. The molecule has 0 unspecified atom stereocenters. The molecule has 0 aliphatic carbocycles. The molecular weight excluding hydrogens is 356 g/mol. The second-order valence-electron chi connectivity index (χ2n) is 4.43. The highest BCUT2D eigenvalue weighted by atomic mass is 79.9. The van der Waals surface area contributed by atoms with Crippen LogP contribution in [0.2, 0.25) is 5.02 Å². The zero-order valence-corrected chi connectivity index (χ0v) is 13.7. The second-order valence-corrected chi connectivity index (χ2v) is 5.72. The van der Waals surface area contributed by atoms with E-state index in [0.717, 1.165) is 26.9 Å². The summed E-state index contributed by atoms with van der Waals surface area (Å²) >= 11 is 9.54. The summed E-state index contributed by atoms with van der Waals surface area (Å²) in [6.07, 6.45) is 0. The molecule has 1 heterocycles. The Labute approximate surface area is 135 Å². The summed E-state index contributed by atoms with van der Waals surface area (Å²) in [5.41, 5.74) is 2.63. The van der Waals surface area contributed by atoms with E-state index in [1.54, 1.807) is 14.2 Å². The third-order valence-corrected chi connectivity index (χ3v) is 4.06. The molecule has 3 aromatic rings. The third kappa shape index (κ3) is 2.59. The van der Waals surface area contributed by atoms with E-state index in [1.807, 2.05) is 30.3 Å². The van der Waals surface area contributed by atoms with Crippen LogP contribution in [-0.4, -0.2) is 24.2 Å². The maximum absolute atomic E-state index is 6.00. The number of ether oxygens (including phenoxy) is 2. The fourth-order valence-electron chi connectivity index (χ4n) is 2.15. The fraction of sp³-hybridized carbons (Fsp3) is 0.133. The lowest BCUT2D eigenvalue weighted by molar-refractivity contribution is 0.355. The van der Waals surface area contributed by atoms with E-state index in [4.69, 9.17) is 21.1 Å². The predicted octanol–water partition coefficient (Wildman–Crippen LogP) is 4.66. The summed E-state index contributed by atoms with van der Waals surface area (Å²) in [5, 5.41) is 0.670. The van der Waals surface area contributed by atoms with Crippen LogP contribution < -0.4 is 9.47 Å². The molecule has 2 aromatic carbocycles. The number of methoxy groups -OCH3 is 2. The first-order valence-corrected chi connectivity index (χ1v) is 7.36. The molecule has 3 rings (SSSR count). The number of fused-ring (bicyclic) bond motifs is 1. The minimum atomic E-state index is 0.647. The summed E-state index contributed by atoms with van der Waals surface area (Å²) in [5.74, 6) is 2.04. The van der Waals surface area contributed by atoms with Gasteiger partial charge in [0.2, 0.25) is 0 Å². The van der Waals surface area contributed by atoms with Gasteiger partial charge < -0.3 is 14.5 Å². The highest BCUT2D eigenvalue weighted by molar-refractivity contribution is 9.10. The minimum Gasteiger partial charge on any atom is -0.493 e. The van der Waals surface area contributed by atoms with Crippen LogP contribution in [0.1, 0.15) is 0 Å². The zero-order chi connectivity index (χ0) is 15.0. The number of benzene rings is 2. The molecule has 0 saturated heterocycles. The average molecular weight is 368 g/mol. The van der Waals surface area contributed by atoms with Crippen molar-refractivity contribution in [3.05, 3.63) is 39.8 Å². The Hall–Kier alpha value is -1.72. The van der Waals surface area contributed by atoms with E-state index < -0.39 is 0 Å². The molecule has 1 N–H and O–H groups in total. The number of hydrogen-bond donors (Lipinski definition) is 1. The summed E-state index contributed by atoms with van der Waals surface area (Å²) in [6.45, 7) is 0. The number of rotatable bonds is 3. The van der Waals surface area contributed by atoms with Crippen LogP contribution >= 0.6 is 27.5 Å². The van der Waals surface area contributed by atoms with Crippen LogP contribution in [0.25, 0.3) is 22.4 Å². The molecule has 1 aromatic heterocycles. The van der Waals surface area contributed by atoms with Gasteiger partial charge in [-0.05, 0) is 46.3 Å². The van der Waals surface area contributed by atoms with Crippen molar-refractivity contribution in [2.75, 3.05) is 14.2 Å². The number of nitrogens with one attached hydrogen (secondary N) is 1. The smallest absolute Gasteiger partial charge is 0.161 e. The van der Waals surface area contributed by atoms with Gasteiger partial charge in [0.15, 0.2) is 11.5 Å². The minimum absolute atomic E-state index is 0.647. The molecule has 21 heavy (non-hydrogen) atoms. The number of hydrogen-bond acceptors (Lipinski definition) is 3. The molecule has 0 amide bonds. The van der Waals surface area contributed by atoms with Crippen molar-refractivity contribution in [1.29, 1.82) is 0 Å². The molecule has 0 bridgehead atoms. The Morgan fingerprint density at radius 3 is 2.52 bits per heavy atom. The van der Waals surface area contributed by atoms with E-state index in [1.165, 1.54) is 0 Å². The molecule has 0 atom stereocenters. The van der Waals surface area contributed by atoms with Crippen molar-refractivity contribution in [2.24, 2.45) is 0 Å². The molecule has 0 saturated carbocycles. The summed E-state index contributed by atoms with van der Waals surface area (Å²) in [4.78, 5) is 7.84. The second kappa shape index (κ2) is 5.58. The molecule has 4 nitrogen and oxygen atoms in total. The van der Waals surface area contributed by atoms with E-state index in [0.29, 0.717) is 16.5 Å². The first-order valence-electron chi connectivity index (χ1n) is 6.19. The van der Waals surface area contributed by atoms with E-state index in [2.05, 4.69) is 25.9 Å². The number of halogens is 2. The zero-order valence-electron chi connectivity index (χ0n) is 11.4. The Bertz CT molecular complexity index is 817. The highest BCUT2D eigenvalue weighted by Gasteiger charge is 2.14. The fourth-order valence-corrected chi connectivity index (χ4v) is 2.83. The lowest BCUT2D eigenvalue weighted by Gasteiger charge is -2.10. The van der Waals surface area contributed by atoms with Gasteiger partial charge >= 0.3 is 0 Å². The lowest BCUT2D eigenvalue weighted by atomic mass is 10.2. The van der Waals surface area contributed by atoms with Crippen molar-refractivity contribution < 1.29 is 9.47 Å². The largest absolute Gasteiger partial charge is 0.493 e. The topological polar surface area (TPSA) is 47.1 Å². The van der Waals surface area contributed by atoms with Gasteiger partial charge in [-0.1, -0.05) is 11.6 Å². The normalized spacial score (nSPS) is 10.9. The summed E-state index contributed by atoms with van der Waals surface area (Å²) in [7, 11) is 3.21. The standard InChI is InChI=1S/C15H12BrClN2O2/c1-20-13-6-9(10(16)7-14(13)21-2)15-18-11-4-3-8(17)5-12(11)19-15/h3-7H,1-2H3,(H,18,19). The summed E-state index contributed by atoms with van der Waals surface area (Å²) in [6, 6.07) is 9.28. The van der Waals surface area contributed by atoms with Crippen molar-refractivity contribution in [2.45, 2.75) is 0 Å². The summed E-state index contributed by atoms with van der Waals surface area (Å²) < 4.78 is 11.5. The van der Waals surface area contributed by atoms with Crippen LogP contribution in [0, 0.1) is 0 Å². The number of nitrogens with zero attached hydrogens (tertiary/aromatic N) is 1. The quantitative estimate of drug-likeness (QED) is 0.732. The maximum atomic E-state index is 6.00. The third-order valence-electron chi connectivity index (χ3n) is 3.17. The Kier molecular flexibility index (Phi) is 3.78. The van der Waals surface area contributed by atoms with Crippen LogP contribution in [-0.2, 0) is 0 Å². The van der Waals surface area contributed by atoms with Crippen LogP contribution in [0.4, 0.5) is 0 Å². The van der Waals surface area contributed by atoms with Crippen molar-refractivity contribution in [1.82, 2.24) is 9.97 Å². The van der Waals surface area contributed by atoms with Crippen LogP contribution in [0.15, 0.2) is 34.8 Å². The molecule has 108 valence electrons. The van der Waals surface area contributed by atoms with Gasteiger partial charge in [-0.15, -0.1) is 0 Å². The van der Waals surface area contributed by atoms with Gasteiger partial charge in [0, 0.05) is 15.1 Å². The van der Waals surface area contributed by atoms with Crippen molar-refractivity contribution in [3.8, 4) is 22.9 Å². The number of imidazole rings is 1. The van der Waals surface area contributed by atoms with Gasteiger partial charge in [0.1, 0.15) is 5.82 Å². The molecule has 0 aliphatic heterocycles. The molecular formula is C15H12BrClN2O2. The van der Waals surface area contributed by atoms with Gasteiger partial charge in [0.05, 0.1) is 25.3 Å². The molecule has 6 heteroatoms. The maximum Gasteiger partial charge on any atom is 0.161 e. The highest BCUT2D eigenvalue weighted by Crippen LogP contribution is 2.38. The molecule has 0 aliphatic rings. The van der Waals surface area contributed by atoms with Gasteiger partial charge in [-0.2, -0.15) is 0 Å². The van der Waals surface area contributed by atoms with Gasteiger partial charge in [-0.25, -0.2) is 4.98 Å². The van der Waals surface area contributed by atoms with E-state index in [-0.39, 0.29) is 0 Å². The van der Waals surface area contributed by atoms with Gasteiger partial charge in [0.25, 0.3) is 0 Å². The first kappa shape index (κ1) is 14.2.